The van der Waals surface area contributed by atoms with E-state index >= 15 is 0 Å². The van der Waals surface area contributed by atoms with Crippen LogP contribution in [0.15, 0.2) is 42.5 Å². The molecule has 0 saturated heterocycles. The highest BCUT2D eigenvalue weighted by Gasteiger charge is 2.40. The van der Waals surface area contributed by atoms with E-state index in [9.17, 15) is 14.4 Å². The number of hydroxylamine groups is 2. The number of primary amides is 1. The molecule has 2 aromatic carbocycles. The number of imide groups is 1. The highest BCUT2D eigenvalue weighted by atomic mass is 16.7. The van der Waals surface area contributed by atoms with Crippen molar-refractivity contribution < 1.29 is 28.7 Å². The maximum atomic E-state index is 13.3. The Labute approximate surface area is 192 Å². The maximum Gasteiger partial charge on any atom is 0.285 e. The summed E-state index contributed by atoms with van der Waals surface area (Å²) in [4.78, 5) is 43.7. The standard InChI is InChI=1S/C25H26N2O6/c1-25(2,24(26)30)12-8-11-17-18-13-20(31-3)21(32-4)14-19(18)23(29)27(22(17)28)33-15-16-9-6-5-7-10-16/h5-7,9-10,13-14,17H,11,15H2,1-4H3,(H2,26,30). The fourth-order valence-corrected chi connectivity index (χ4v) is 3.32. The number of carbonyl (C=O) groups is 3. The second-order valence-electron chi connectivity index (χ2n) is 8.04. The minimum Gasteiger partial charge on any atom is -0.493 e. The van der Waals surface area contributed by atoms with Crippen molar-refractivity contribution in [3.8, 4) is 23.3 Å². The van der Waals surface area contributed by atoms with Crippen molar-refractivity contribution in [2.24, 2.45) is 11.1 Å². The molecule has 0 aromatic heterocycles. The van der Waals surface area contributed by atoms with E-state index in [-0.39, 0.29) is 18.6 Å². The third-order valence-corrected chi connectivity index (χ3v) is 5.37. The van der Waals surface area contributed by atoms with E-state index < -0.39 is 29.1 Å². The van der Waals surface area contributed by atoms with E-state index in [0.717, 1.165) is 10.6 Å². The van der Waals surface area contributed by atoms with Crippen LogP contribution in [0.1, 0.15) is 47.7 Å². The summed E-state index contributed by atoms with van der Waals surface area (Å²) >= 11 is 0. The second kappa shape index (κ2) is 9.76. The zero-order valence-electron chi connectivity index (χ0n) is 19.0. The molecule has 0 saturated carbocycles. The van der Waals surface area contributed by atoms with E-state index in [4.69, 9.17) is 20.0 Å². The van der Waals surface area contributed by atoms with Gasteiger partial charge in [-0.1, -0.05) is 36.3 Å². The average Bonchev–Trinajstić information content (AvgIpc) is 2.80. The molecule has 3 amide bonds. The normalized spacial score (nSPS) is 15.4. The van der Waals surface area contributed by atoms with Gasteiger partial charge >= 0.3 is 0 Å². The minimum atomic E-state index is -1.06. The van der Waals surface area contributed by atoms with Crippen molar-refractivity contribution in [3.63, 3.8) is 0 Å². The smallest absolute Gasteiger partial charge is 0.285 e. The van der Waals surface area contributed by atoms with E-state index in [2.05, 4.69) is 11.8 Å². The van der Waals surface area contributed by atoms with Crippen LogP contribution in [0, 0.1) is 17.3 Å². The van der Waals surface area contributed by atoms with Crippen molar-refractivity contribution in [3.05, 3.63) is 59.2 Å². The van der Waals surface area contributed by atoms with Gasteiger partial charge in [0.2, 0.25) is 5.91 Å². The quantitative estimate of drug-likeness (QED) is 0.513. The predicted molar refractivity (Wildman–Crippen MR) is 120 cm³/mol. The zero-order chi connectivity index (χ0) is 24.2. The number of benzene rings is 2. The lowest BCUT2D eigenvalue weighted by Gasteiger charge is -2.31. The Balaban J connectivity index is 2.00. The molecule has 1 unspecified atom stereocenters. The molecule has 1 heterocycles. The maximum absolute atomic E-state index is 13.3. The highest BCUT2D eigenvalue weighted by Crippen LogP contribution is 2.39. The topological polar surface area (TPSA) is 108 Å². The Hall–Kier alpha value is -3.83. The van der Waals surface area contributed by atoms with Gasteiger partial charge in [0.05, 0.1) is 25.7 Å². The number of amides is 3. The molecule has 0 spiro atoms. The summed E-state index contributed by atoms with van der Waals surface area (Å²) in [6.07, 6.45) is 0.0521. The first-order valence-electron chi connectivity index (χ1n) is 10.3. The van der Waals surface area contributed by atoms with Crippen LogP contribution in [0.5, 0.6) is 11.5 Å². The number of carbonyl (C=O) groups excluding carboxylic acids is 3. The first-order valence-corrected chi connectivity index (χ1v) is 10.3. The Bertz CT molecular complexity index is 1130. The first kappa shape index (κ1) is 23.8. The molecule has 3 rings (SSSR count). The highest BCUT2D eigenvalue weighted by molar-refractivity contribution is 6.11. The lowest BCUT2D eigenvalue weighted by Crippen LogP contribution is -2.44. The van der Waals surface area contributed by atoms with Crippen LogP contribution >= 0.6 is 0 Å². The van der Waals surface area contributed by atoms with Gasteiger partial charge < -0.3 is 15.2 Å². The first-order chi connectivity index (χ1) is 15.7. The van der Waals surface area contributed by atoms with Crippen LogP contribution in [0.4, 0.5) is 0 Å². The third-order valence-electron chi connectivity index (χ3n) is 5.37. The fraction of sp³-hybridized carbons (Fsp3) is 0.320. The molecule has 1 aliphatic heterocycles. The molecule has 0 fully saturated rings. The lowest BCUT2D eigenvalue weighted by atomic mass is 9.86. The van der Waals surface area contributed by atoms with Crippen molar-refractivity contribution in [2.75, 3.05) is 14.2 Å². The molecule has 0 aliphatic carbocycles. The largest absolute Gasteiger partial charge is 0.493 e. The average molecular weight is 450 g/mol. The molecule has 8 heteroatoms. The summed E-state index contributed by atoms with van der Waals surface area (Å²) in [5, 5.41) is 0.771. The van der Waals surface area contributed by atoms with Crippen LogP contribution in [0.2, 0.25) is 0 Å². The predicted octanol–water partition coefficient (Wildman–Crippen LogP) is 2.81. The SMILES string of the molecule is COc1cc2c(cc1OC)C(CC#CC(C)(C)C(N)=O)C(=O)N(OCc1ccccc1)C2=O. The Morgan fingerprint density at radius 2 is 1.73 bits per heavy atom. The number of hydrogen-bond donors (Lipinski definition) is 1. The molecule has 2 aromatic rings. The third kappa shape index (κ3) is 4.99. The van der Waals surface area contributed by atoms with E-state index in [1.54, 1.807) is 19.9 Å². The van der Waals surface area contributed by atoms with E-state index in [0.29, 0.717) is 17.1 Å². The van der Waals surface area contributed by atoms with Gasteiger partial charge in [0.1, 0.15) is 12.0 Å². The molecule has 0 radical (unpaired) electrons. The van der Waals surface area contributed by atoms with Crippen molar-refractivity contribution in [1.82, 2.24) is 5.06 Å². The molecular weight excluding hydrogens is 424 g/mol. The summed E-state index contributed by atoms with van der Waals surface area (Å²) in [5.74, 6) is 3.89. The zero-order valence-corrected chi connectivity index (χ0v) is 19.0. The number of nitrogens with zero attached hydrogens (tertiary/aromatic N) is 1. The molecule has 2 N–H and O–H groups in total. The molecule has 1 atom stereocenters. The summed E-state index contributed by atoms with van der Waals surface area (Å²) < 4.78 is 10.7. The Morgan fingerprint density at radius 3 is 2.33 bits per heavy atom. The van der Waals surface area contributed by atoms with Gasteiger partial charge in [-0.25, -0.2) is 0 Å². The van der Waals surface area contributed by atoms with Gasteiger partial charge in [-0.05, 0) is 37.1 Å². The van der Waals surface area contributed by atoms with Gasteiger partial charge in [0.15, 0.2) is 11.5 Å². The lowest BCUT2D eigenvalue weighted by molar-refractivity contribution is -0.176. The molecule has 0 bridgehead atoms. The summed E-state index contributed by atoms with van der Waals surface area (Å²) in [5.41, 5.74) is 5.83. The fourth-order valence-electron chi connectivity index (χ4n) is 3.32. The number of rotatable bonds is 7. The number of ether oxygens (including phenoxy) is 2. The number of fused-ring (bicyclic) bond motifs is 1. The van der Waals surface area contributed by atoms with Gasteiger partial charge in [-0.2, -0.15) is 0 Å². The van der Waals surface area contributed by atoms with Crippen LogP contribution in [0.3, 0.4) is 0 Å². The van der Waals surface area contributed by atoms with Crippen LogP contribution < -0.4 is 15.2 Å². The molecule has 1 aliphatic rings. The summed E-state index contributed by atoms with van der Waals surface area (Å²) in [6, 6.07) is 12.3. The number of methoxy groups -OCH3 is 2. The monoisotopic (exact) mass is 450 g/mol. The molecule has 33 heavy (non-hydrogen) atoms. The van der Waals surface area contributed by atoms with Gasteiger partial charge in [-0.15, -0.1) is 11.0 Å². The Kier molecular flexibility index (Phi) is 7.04. The van der Waals surface area contributed by atoms with Gasteiger partial charge in [0.25, 0.3) is 11.8 Å². The summed E-state index contributed by atoms with van der Waals surface area (Å²) in [7, 11) is 2.93. The van der Waals surface area contributed by atoms with Gasteiger partial charge in [0, 0.05) is 6.42 Å². The summed E-state index contributed by atoms with van der Waals surface area (Å²) in [6.45, 7) is 3.24. The van der Waals surface area contributed by atoms with Gasteiger partial charge in [-0.3, -0.25) is 19.2 Å². The molecular formula is C25H26N2O6. The van der Waals surface area contributed by atoms with Crippen LogP contribution in [0.25, 0.3) is 0 Å². The van der Waals surface area contributed by atoms with E-state index in [1.165, 1.54) is 20.3 Å². The Morgan fingerprint density at radius 1 is 1.09 bits per heavy atom. The number of nitrogens with two attached hydrogens (primary N) is 1. The van der Waals surface area contributed by atoms with E-state index in [1.807, 2.05) is 30.3 Å². The second-order valence-corrected chi connectivity index (χ2v) is 8.04. The molecule has 8 nitrogen and oxygen atoms in total. The number of hydrogen-bond acceptors (Lipinski definition) is 6. The van der Waals surface area contributed by atoms with Crippen LogP contribution in [-0.4, -0.2) is 37.0 Å². The molecule has 172 valence electrons. The van der Waals surface area contributed by atoms with Crippen LogP contribution in [-0.2, 0) is 21.0 Å². The van der Waals surface area contributed by atoms with Crippen molar-refractivity contribution in [1.29, 1.82) is 0 Å². The minimum absolute atomic E-state index is 0.0358. The van der Waals surface area contributed by atoms with Crippen molar-refractivity contribution in [2.45, 2.75) is 32.8 Å². The van der Waals surface area contributed by atoms with Crippen molar-refractivity contribution >= 4 is 17.7 Å².